The molecule has 2 N–H and O–H groups in total. The summed E-state index contributed by atoms with van der Waals surface area (Å²) in [6.07, 6.45) is -0.189. The summed E-state index contributed by atoms with van der Waals surface area (Å²) in [5.74, 6) is -1.49. The van der Waals surface area contributed by atoms with Crippen LogP contribution in [0, 0.1) is 5.82 Å². The molecule has 5 nitrogen and oxygen atoms in total. The third-order valence-corrected chi connectivity index (χ3v) is 4.51. The highest BCUT2D eigenvalue weighted by Gasteiger charge is 2.52. The largest absolute Gasteiger partial charge is 0.481 e. The quantitative estimate of drug-likeness (QED) is 0.874. The number of carbonyl (C=O) groups excluding carboxylic acids is 1. The molecule has 1 amide bonds. The van der Waals surface area contributed by atoms with Crippen LogP contribution in [-0.4, -0.2) is 23.2 Å². The zero-order chi connectivity index (χ0) is 17.9. The monoisotopic (exact) mass is 343 g/mol. The molecule has 6 heteroatoms. The van der Waals surface area contributed by atoms with Gasteiger partial charge in [-0.05, 0) is 36.1 Å². The zero-order valence-corrected chi connectivity index (χ0v) is 13.4. The smallest absolute Gasteiger partial charge is 0.407 e. The molecule has 0 unspecified atom stereocenters. The Kier molecular flexibility index (Phi) is 4.70. The van der Waals surface area contributed by atoms with Crippen LogP contribution in [0.25, 0.3) is 0 Å². The average Bonchev–Trinajstić information content (AvgIpc) is 2.56. The van der Waals surface area contributed by atoms with Crippen molar-refractivity contribution in [3.63, 3.8) is 0 Å². The number of carbonyl (C=O) groups is 2. The number of rotatable bonds is 5. The third kappa shape index (κ3) is 3.63. The first kappa shape index (κ1) is 17.0. The Bertz CT molecular complexity index is 772. The first-order valence-corrected chi connectivity index (χ1v) is 7.96. The van der Waals surface area contributed by atoms with Crippen molar-refractivity contribution in [2.45, 2.75) is 30.9 Å². The maximum Gasteiger partial charge on any atom is 0.407 e. The maximum atomic E-state index is 13.4. The molecule has 130 valence electrons. The molecular weight excluding hydrogens is 325 g/mol. The Balaban J connectivity index is 1.56. The van der Waals surface area contributed by atoms with Gasteiger partial charge in [-0.1, -0.05) is 42.5 Å². The van der Waals surface area contributed by atoms with E-state index in [1.807, 2.05) is 30.3 Å². The fourth-order valence-electron chi connectivity index (χ4n) is 3.13. The summed E-state index contributed by atoms with van der Waals surface area (Å²) in [6, 6.07) is 14.5. The summed E-state index contributed by atoms with van der Waals surface area (Å²) >= 11 is 0. The van der Waals surface area contributed by atoms with Crippen LogP contribution in [0.5, 0.6) is 0 Å². The fourth-order valence-corrected chi connectivity index (χ4v) is 3.13. The van der Waals surface area contributed by atoms with Gasteiger partial charge in [-0.2, -0.15) is 0 Å². The van der Waals surface area contributed by atoms with E-state index in [-0.39, 0.29) is 25.5 Å². The number of ether oxygens (including phenoxy) is 1. The van der Waals surface area contributed by atoms with Gasteiger partial charge in [-0.25, -0.2) is 9.18 Å². The highest BCUT2D eigenvalue weighted by molar-refractivity contribution is 5.83. The van der Waals surface area contributed by atoms with Crippen molar-refractivity contribution in [2.75, 3.05) is 0 Å². The number of hydrogen-bond acceptors (Lipinski definition) is 3. The van der Waals surface area contributed by atoms with E-state index in [1.54, 1.807) is 6.07 Å². The second kappa shape index (κ2) is 6.93. The van der Waals surface area contributed by atoms with E-state index in [0.29, 0.717) is 5.56 Å². The van der Waals surface area contributed by atoms with E-state index in [9.17, 15) is 19.1 Å². The van der Waals surface area contributed by atoms with Crippen LogP contribution < -0.4 is 5.32 Å². The van der Waals surface area contributed by atoms with Crippen molar-refractivity contribution in [1.82, 2.24) is 5.32 Å². The van der Waals surface area contributed by atoms with Gasteiger partial charge >= 0.3 is 12.1 Å². The molecule has 1 aliphatic carbocycles. The van der Waals surface area contributed by atoms with E-state index in [1.165, 1.54) is 18.2 Å². The Morgan fingerprint density at radius 2 is 1.88 bits per heavy atom. The molecule has 25 heavy (non-hydrogen) atoms. The first-order valence-electron chi connectivity index (χ1n) is 7.96. The third-order valence-electron chi connectivity index (χ3n) is 4.51. The number of nitrogens with one attached hydrogen (secondary N) is 1. The molecule has 1 fully saturated rings. The molecule has 0 saturated heterocycles. The van der Waals surface area contributed by atoms with Crippen molar-refractivity contribution in [2.24, 2.45) is 0 Å². The lowest BCUT2D eigenvalue weighted by Gasteiger charge is -2.44. The normalized spacial score (nSPS) is 21.9. The van der Waals surface area contributed by atoms with Crippen molar-refractivity contribution in [1.29, 1.82) is 0 Å². The summed E-state index contributed by atoms with van der Waals surface area (Å²) in [4.78, 5) is 23.5. The van der Waals surface area contributed by atoms with Gasteiger partial charge in [-0.3, -0.25) is 4.79 Å². The first-order chi connectivity index (χ1) is 12.0. The Morgan fingerprint density at radius 3 is 2.52 bits per heavy atom. The standard InChI is InChI=1S/C19H18FNO4/c20-15-8-4-7-14(9-15)19(17(22)23)10-16(11-19)21-18(24)25-12-13-5-2-1-3-6-13/h1-9,16H,10-12H2,(H,21,24)(H,22,23). The van der Waals surface area contributed by atoms with Crippen LogP contribution in [0.2, 0.25) is 0 Å². The van der Waals surface area contributed by atoms with Gasteiger partial charge in [-0.15, -0.1) is 0 Å². The molecule has 0 atom stereocenters. The van der Waals surface area contributed by atoms with Gasteiger partial charge in [0.2, 0.25) is 0 Å². The minimum atomic E-state index is -1.17. The van der Waals surface area contributed by atoms with Crippen LogP contribution in [0.3, 0.4) is 0 Å². The Labute approximate surface area is 144 Å². The SMILES string of the molecule is O=C(NC1CC(C(=O)O)(c2cccc(F)c2)C1)OCc1ccccc1. The van der Waals surface area contributed by atoms with Gasteiger partial charge in [0, 0.05) is 6.04 Å². The fraction of sp³-hybridized carbons (Fsp3) is 0.263. The minimum absolute atomic E-state index is 0.146. The summed E-state index contributed by atoms with van der Waals surface area (Å²) in [5.41, 5.74) is 0.112. The lowest BCUT2D eigenvalue weighted by atomic mass is 9.61. The number of benzene rings is 2. The molecule has 1 aliphatic rings. The second-order valence-electron chi connectivity index (χ2n) is 6.21. The predicted octanol–water partition coefficient (Wildman–Crippen LogP) is 3.24. The Hall–Kier alpha value is -2.89. The summed E-state index contributed by atoms with van der Waals surface area (Å²) in [6.45, 7) is 0.146. The van der Waals surface area contributed by atoms with E-state index >= 15 is 0 Å². The van der Waals surface area contributed by atoms with E-state index in [2.05, 4.69) is 5.32 Å². The molecule has 1 saturated carbocycles. The molecule has 0 spiro atoms. The van der Waals surface area contributed by atoms with Crippen molar-refractivity contribution in [3.05, 3.63) is 71.5 Å². The van der Waals surface area contributed by atoms with E-state index < -0.39 is 23.3 Å². The van der Waals surface area contributed by atoms with Crippen molar-refractivity contribution in [3.8, 4) is 0 Å². The van der Waals surface area contributed by atoms with E-state index in [0.717, 1.165) is 5.56 Å². The van der Waals surface area contributed by atoms with Crippen LogP contribution in [0.15, 0.2) is 54.6 Å². The van der Waals surface area contributed by atoms with Gasteiger partial charge < -0.3 is 15.2 Å². The number of amides is 1. The highest BCUT2D eigenvalue weighted by atomic mass is 19.1. The number of carboxylic acids is 1. The van der Waals surface area contributed by atoms with Gasteiger partial charge in [0.15, 0.2) is 0 Å². The number of aliphatic carboxylic acids is 1. The number of hydrogen-bond donors (Lipinski definition) is 2. The maximum absolute atomic E-state index is 13.4. The zero-order valence-electron chi connectivity index (χ0n) is 13.4. The summed E-state index contributed by atoms with van der Waals surface area (Å²) < 4.78 is 18.5. The molecule has 2 aromatic rings. The van der Waals surface area contributed by atoms with Crippen molar-refractivity contribution < 1.29 is 23.8 Å². The second-order valence-corrected chi connectivity index (χ2v) is 6.21. The topological polar surface area (TPSA) is 75.6 Å². The highest BCUT2D eigenvalue weighted by Crippen LogP contribution is 2.44. The van der Waals surface area contributed by atoms with Crippen LogP contribution in [-0.2, 0) is 21.6 Å². The number of halogens is 1. The molecule has 0 aromatic heterocycles. The number of alkyl carbamates (subject to hydrolysis) is 1. The molecular formula is C19H18FNO4. The average molecular weight is 343 g/mol. The molecule has 0 heterocycles. The summed E-state index contributed by atoms with van der Waals surface area (Å²) in [5, 5.41) is 12.2. The summed E-state index contributed by atoms with van der Waals surface area (Å²) in [7, 11) is 0. The van der Waals surface area contributed by atoms with E-state index in [4.69, 9.17) is 4.74 Å². The molecule has 2 aromatic carbocycles. The molecule has 0 bridgehead atoms. The van der Waals surface area contributed by atoms with Crippen LogP contribution in [0.1, 0.15) is 24.0 Å². The molecule has 0 radical (unpaired) electrons. The number of carboxylic acid groups (broad SMARTS) is 1. The van der Waals surface area contributed by atoms with Gasteiger partial charge in [0.25, 0.3) is 0 Å². The van der Waals surface area contributed by atoms with Crippen LogP contribution >= 0.6 is 0 Å². The van der Waals surface area contributed by atoms with Crippen LogP contribution in [0.4, 0.5) is 9.18 Å². The van der Waals surface area contributed by atoms with Crippen molar-refractivity contribution >= 4 is 12.1 Å². The Morgan fingerprint density at radius 1 is 1.16 bits per heavy atom. The molecule has 3 rings (SSSR count). The lowest BCUT2D eigenvalue weighted by Crippen LogP contribution is -2.57. The lowest BCUT2D eigenvalue weighted by molar-refractivity contribution is -0.148. The van der Waals surface area contributed by atoms with Gasteiger partial charge in [0.1, 0.15) is 12.4 Å². The predicted molar refractivity (Wildman–Crippen MR) is 88.5 cm³/mol. The minimum Gasteiger partial charge on any atom is -0.481 e. The van der Waals surface area contributed by atoms with Gasteiger partial charge in [0.05, 0.1) is 5.41 Å². The molecule has 0 aliphatic heterocycles.